The predicted molar refractivity (Wildman–Crippen MR) is 109 cm³/mol. The summed E-state index contributed by atoms with van der Waals surface area (Å²) in [4.78, 5) is 14.0. The summed E-state index contributed by atoms with van der Waals surface area (Å²) in [6.45, 7) is -0.277. The van der Waals surface area contributed by atoms with E-state index in [-0.39, 0.29) is 18.2 Å². The molecule has 2 N–H and O–H groups in total. The van der Waals surface area contributed by atoms with Gasteiger partial charge < -0.3 is 15.3 Å². The topological polar surface area (TPSA) is 76.4 Å². The first-order chi connectivity index (χ1) is 14.1. The number of rotatable bonds is 4. The molecule has 1 aliphatic carbocycles. The lowest BCUT2D eigenvalue weighted by atomic mass is 9.75. The van der Waals surface area contributed by atoms with E-state index < -0.39 is 23.9 Å². The molecule has 0 bridgehead atoms. The average Bonchev–Trinajstić information content (AvgIpc) is 3.25. The van der Waals surface area contributed by atoms with Crippen molar-refractivity contribution in [2.45, 2.75) is 37.3 Å². The highest BCUT2D eigenvalue weighted by molar-refractivity contribution is 5.91. The van der Waals surface area contributed by atoms with Gasteiger partial charge >= 0.3 is 6.03 Å². The van der Waals surface area contributed by atoms with Crippen molar-refractivity contribution in [3.8, 4) is 6.07 Å². The second-order valence-electron chi connectivity index (χ2n) is 7.41. The lowest BCUT2D eigenvalue weighted by Crippen LogP contribution is -2.66. The molecule has 2 aliphatic rings. The minimum Gasteiger partial charge on any atom is -0.394 e. The van der Waals surface area contributed by atoms with Gasteiger partial charge in [-0.2, -0.15) is 5.26 Å². The van der Waals surface area contributed by atoms with Crippen LogP contribution in [0.15, 0.2) is 54.6 Å². The van der Waals surface area contributed by atoms with Gasteiger partial charge in [-0.3, -0.25) is 0 Å². The number of allylic oxidation sites excluding steroid dienone is 2. The molecule has 1 aliphatic heterocycles. The SMILES string of the molecule is N#C[C@@H]1[C@H](c2ccc(C3=CCCC3)cc2)[C@H](CO)N1C(=O)Nc1ccccc1F. The maximum atomic E-state index is 13.8. The number of nitrogens with one attached hydrogen (secondary N) is 1. The van der Waals surface area contributed by atoms with Gasteiger partial charge in [0, 0.05) is 5.92 Å². The molecule has 29 heavy (non-hydrogen) atoms. The highest BCUT2D eigenvalue weighted by atomic mass is 19.1. The van der Waals surface area contributed by atoms with Gasteiger partial charge in [-0.05, 0) is 48.1 Å². The Morgan fingerprint density at radius 3 is 2.62 bits per heavy atom. The zero-order valence-electron chi connectivity index (χ0n) is 15.9. The maximum absolute atomic E-state index is 13.8. The molecule has 0 saturated carbocycles. The summed E-state index contributed by atoms with van der Waals surface area (Å²) in [6.07, 6.45) is 5.61. The molecule has 148 valence electrons. The molecular formula is C23H22FN3O2. The summed E-state index contributed by atoms with van der Waals surface area (Å²) in [5, 5.41) is 22.0. The molecule has 0 unspecified atom stereocenters. The number of nitrogens with zero attached hydrogens (tertiary/aromatic N) is 2. The second-order valence-corrected chi connectivity index (χ2v) is 7.41. The normalized spacial score (nSPS) is 23.1. The third-order valence-electron chi connectivity index (χ3n) is 5.79. The number of benzene rings is 2. The van der Waals surface area contributed by atoms with Gasteiger partial charge in [0.05, 0.1) is 24.4 Å². The third kappa shape index (κ3) is 3.50. The molecule has 0 spiro atoms. The Kier molecular flexibility index (Phi) is 5.32. The fourth-order valence-electron chi connectivity index (χ4n) is 4.28. The quantitative estimate of drug-likeness (QED) is 0.817. The highest BCUT2D eigenvalue weighted by Crippen LogP contribution is 2.41. The Hall–Kier alpha value is -3.17. The van der Waals surface area contributed by atoms with E-state index in [2.05, 4.69) is 17.5 Å². The number of aliphatic hydroxyl groups excluding tert-OH is 1. The van der Waals surface area contributed by atoms with Crippen molar-refractivity contribution in [1.82, 2.24) is 4.90 Å². The molecule has 2 aromatic carbocycles. The van der Waals surface area contributed by atoms with Crippen LogP contribution in [-0.4, -0.2) is 34.7 Å². The number of hydrogen-bond acceptors (Lipinski definition) is 3. The van der Waals surface area contributed by atoms with Gasteiger partial charge in [-0.15, -0.1) is 0 Å². The fourth-order valence-corrected chi connectivity index (χ4v) is 4.28. The van der Waals surface area contributed by atoms with E-state index in [9.17, 15) is 19.6 Å². The Labute approximate surface area is 169 Å². The molecule has 1 heterocycles. The number of likely N-dealkylation sites (tertiary alicyclic amines) is 1. The van der Waals surface area contributed by atoms with Crippen LogP contribution in [0.2, 0.25) is 0 Å². The zero-order chi connectivity index (χ0) is 20.4. The monoisotopic (exact) mass is 391 g/mol. The van der Waals surface area contributed by atoms with Crippen LogP contribution in [0.25, 0.3) is 5.57 Å². The van der Waals surface area contributed by atoms with Crippen LogP contribution in [-0.2, 0) is 0 Å². The van der Waals surface area contributed by atoms with Gasteiger partial charge in [0.15, 0.2) is 0 Å². The number of amides is 2. The number of anilines is 1. The molecule has 2 amide bonds. The zero-order valence-corrected chi connectivity index (χ0v) is 15.9. The van der Waals surface area contributed by atoms with Crippen molar-refractivity contribution in [3.63, 3.8) is 0 Å². The van der Waals surface area contributed by atoms with E-state index in [1.54, 1.807) is 6.07 Å². The molecule has 6 heteroatoms. The van der Waals surface area contributed by atoms with Gasteiger partial charge in [0.2, 0.25) is 0 Å². The minimum atomic E-state index is -0.726. The largest absolute Gasteiger partial charge is 0.394 e. The third-order valence-corrected chi connectivity index (χ3v) is 5.79. The molecular weight excluding hydrogens is 369 g/mol. The number of nitriles is 1. The summed E-state index contributed by atoms with van der Waals surface area (Å²) in [6, 6.07) is 14.2. The number of para-hydroxylation sites is 1. The first kappa shape index (κ1) is 19.2. The van der Waals surface area contributed by atoms with Crippen LogP contribution in [0.3, 0.4) is 0 Å². The van der Waals surface area contributed by atoms with Crippen molar-refractivity contribution < 1.29 is 14.3 Å². The summed E-state index contributed by atoms with van der Waals surface area (Å²) in [5.41, 5.74) is 3.47. The molecule has 1 saturated heterocycles. The average molecular weight is 391 g/mol. The maximum Gasteiger partial charge on any atom is 0.323 e. The van der Waals surface area contributed by atoms with Gasteiger partial charge in [-0.25, -0.2) is 9.18 Å². The van der Waals surface area contributed by atoms with Crippen molar-refractivity contribution in [2.24, 2.45) is 0 Å². The van der Waals surface area contributed by atoms with Crippen molar-refractivity contribution in [3.05, 3.63) is 71.6 Å². The summed E-state index contributed by atoms with van der Waals surface area (Å²) in [5.74, 6) is -0.841. The van der Waals surface area contributed by atoms with Crippen molar-refractivity contribution in [2.75, 3.05) is 11.9 Å². The molecule has 4 rings (SSSR count). The van der Waals surface area contributed by atoms with E-state index in [1.807, 2.05) is 24.3 Å². The van der Waals surface area contributed by atoms with Crippen LogP contribution < -0.4 is 5.32 Å². The van der Waals surface area contributed by atoms with Crippen LogP contribution >= 0.6 is 0 Å². The molecule has 5 nitrogen and oxygen atoms in total. The number of halogens is 1. The van der Waals surface area contributed by atoms with Crippen LogP contribution in [0.4, 0.5) is 14.9 Å². The van der Waals surface area contributed by atoms with Crippen LogP contribution in [0, 0.1) is 17.1 Å². The molecule has 0 aromatic heterocycles. The molecule has 2 aromatic rings. The molecule has 3 atom stereocenters. The lowest BCUT2D eigenvalue weighted by molar-refractivity contribution is 0.0223. The van der Waals surface area contributed by atoms with E-state index >= 15 is 0 Å². The number of aliphatic hydroxyl groups is 1. The number of carbonyl (C=O) groups excluding carboxylic acids is 1. The summed E-state index contributed by atoms with van der Waals surface area (Å²) < 4.78 is 13.8. The Bertz CT molecular complexity index is 980. The highest BCUT2D eigenvalue weighted by Gasteiger charge is 2.51. The first-order valence-corrected chi connectivity index (χ1v) is 9.77. The van der Waals surface area contributed by atoms with Crippen molar-refractivity contribution >= 4 is 17.3 Å². The van der Waals surface area contributed by atoms with Crippen LogP contribution in [0.5, 0.6) is 0 Å². The molecule has 1 fully saturated rings. The standard InChI is InChI=1S/C23H22FN3O2/c24-18-7-3-4-8-19(18)26-23(29)27-20(13-25)22(21(27)14-28)17-11-9-16(10-12-17)15-5-1-2-6-15/h3-5,7-12,20-22,28H,1-2,6,14H2,(H,26,29)/t20-,21+,22+/m1/s1. The minimum absolute atomic E-state index is 0.0449. The van der Waals surface area contributed by atoms with E-state index in [0.717, 1.165) is 18.4 Å². The number of hydrogen-bond donors (Lipinski definition) is 2. The lowest BCUT2D eigenvalue weighted by Gasteiger charge is -2.51. The first-order valence-electron chi connectivity index (χ1n) is 9.77. The van der Waals surface area contributed by atoms with Gasteiger partial charge in [0.25, 0.3) is 0 Å². The van der Waals surface area contributed by atoms with E-state index in [0.29, 0.717) is 0 Å². The van der Waals surface area contributed by atoms with Gasteiger partial charge in [0.1, 0.15) is 11.9 Å². The van der Waals surface area contributed by atoms with Gasteiger partial charge in [-0.1, -0.05) is 42.5 Å². The summed E-state index contributed by atoms with van der Waals surface area (Å²) >= 11 is 0. The molecule has 0 radical (unpaired) electrons. The summed E-state index contributed by atoms with van der Waals surface area (Å²) in [7, 11) is 0. The second kappa shape index (κ2) is 8.06. The predicted octanol–water partition coefficient (Wildman–Crippen LogP) is 4.28. The Morgan fingerprint density at radius 2 is 2.00 bits per heavy atom. The van der Waals surface area contributed by atoms with Crippen LogP contribution in [0.1, 0.15) is 36.3 Å². The number of urea groups is 1. The van der Waals surface area contributed by atoms with E-state index in [1.165, 1.54) is 40.7 Å². The number of carbonyl (C=O) groups is 1. The fraction of sp³-hybridized carbons (Fsp3) is 0.304. The van der Waals surface area contributed by atoms with Crippen molar-refractivity contribution in [1.29, 1.82) is 5.26 Å². The Morgan fingerprint density at radius 1 is 1.24 bits per heavy atom. The smallest absolute Gasteiger partial charge is 0.323 e. The Balaban J connectivity index is 1.53. The van der Waals surface area contributed by atoms with E-state index in [4.69, 9.17) is 0 Å².